The minimum atomic E-state index is -0.911. The van der Waals surface area contributed by atoms with Crippen LogP contribution in [0.3, 0.4) is 0 Å². The second-order valence-corrected chi connectivity index (χ2v) is 3.64. The van der Waals surface area contributed by atoms with Crippen molar-refractivity contribution in [2.24, 2.45) is 11.8 Å². The van der Waals surface area contributed by atoms with Gasteiger partial charge in [-0.25, -0.2) is 0 Å². The fraction of sp³-hybridized carbons (Fsp3) is 0.500. The molecule has 1 aliphatic rings. The number of rotatable bonds is 3. The first-order chi connectivity index (χ1) is 7.66. The minimum absolute atomic E-state index is 0.223. The summed E-state index contributed by atoms with van der Waals surface area (Å²) in [6, 6.07) is 0. The number of hydrogen-bond donors (Lipinski definition) is 2. The molecule has 0 aromatic heterocycles. The maximum absolute atomic E-state index is 11.7. The van der Waals surface area contributed by atoms with Crippen LogP contribution in [-0.2, 0) is 9.59 Å². The lowest BCUT2D eigenvalue weighted by molar-refractivity contribution is -0.147. The van der Waals surface area contributed by atoms with Crippen LogP contribution in [0.15, 0.2) is 12.2 Å². The Morgan fingerprint density at radius 2 is 2.00 bits per heavy atom. The summed E-state index contributed by atoms with van der Waals surface area (Å²) in [5, 5.41) is 11.6. The smallest absolute Gasteiger partial charge is 0.307 e. The molecule has 4 heteroatoms. The zero-order valence-corrected chi connectivity index (χ0v) is 9.19. The molecule has 2 unspecified atom stereocenters. The number of allylic oxidation sites excluding steroid dienone is 2. The first-order valence-electron chi connectivity index (χ1n) is 5.22. The largest absolute Gasteiger partial charge is 0.481 e. The van der Waals surface area contributed by atoms with E-state index in [-0.39, 0.29) is 12.5 Å². The molecule has 1 aliphatic carbocycles. The van der Waals surface area contributed by atoms with E-state index in [1.54, 1.807) is 6.92 Å². The molecule has 0 aromatic carbocycles. The highest BCUT2D eigenvalue weighted by atomic mass is 16.4. The van der Waals surface area contributed by atoms with Gasteiger partial charge in [0, 0.05) is 0 Å². The standard InChI is InChI=1S/C12H15NO3/c1-2-3-8-13-11(14)9-6-4-5-7-10(9)12(15)16/h4-5,9-10H,6-8H2,1H3,(H,13,14)(H,15,16). The number of amides is 1. The molecule has 2 N–H and O–H groups in total. The van der Waals surface area contributed by atoms with E-state index in [4.69, 9.17) is 5.11 Å². The Labute approximate surface area is 94.7 Å². The van der Waals surface area contributed by atoms with E-state index < -0.39 is 17.8 Å². The van der Waals surface area contributed by atoms with Crippen LogP contribution in [0.2, 0.25) is 0 Å². The molecule has 86 valence electrons. The molecule has 16 heavy (non-hydrogen) atoms. The van der Waals surface area contributed by atoms with Crippen molar-refractivity contribution in [3.8, 4) is 11.8 Å². The van der Waals surface area contributed by atoms with Gasteiger partial charge in [0.25, 0.3) is 0 Å². The number of aliphatic carboxylic acids is 1. The quantitative estimate of drug-likeness (QED) is 0.547. The van der Waals surface area contributed by atoms with Crippen molar-refractivity contribution in [3.05, 3.63) is 12.2 Å². The first kappa shape index (κ1) is 12.3. The Bertz CT molecular complexity index is 362. The van der Waals surface area contributed by atoms with E-state index in [1.165, 1.54) is 0 Å². The summed E-state index contributed by atoms with van der Waals surface area (Å²) < 4.78 is 0. The van der Waals surface area contributed by atoms with Crippen LogP contribution in [0.4, 0.5) is 0 Å². The molecule has 2 atom stereocenters. The zero-order valence-electron chi connectivity index (χ0n) is 9.19. The molecule has 1 rings (SSSR count). The van der Waals surface area contributed by atoms with Crippen LogP contribution >= 0.6 is 0 Å². The van der Waals surface area contributed by atoms with Crippen molar-refractivity contribution in [3.63, 3.8) is 0 Å². The highest BCUT2D eigenvalue weighted by molar-refractivity contribution is 5.85. The van der Waals surface area contributed by atoms with Crippen LogP contribution in [0.5, 0.6) is 0 Å². The summed E-state index contributed by atoms with van der Waals surface area (Å²) in [4.78, 5) is 22.7. The predicted molar refractivity (Wildman–Crippen MR) is 59.4 cm³/mol. The molecule has 4 nitrogen and oxygen atoms in total. The SMILES string of the molecule is CC#CCNC(=O)C1CC=CCC1C(=O)O. The molecule has 0 radical (unpaired) electrons. The van der Waals surface area contributed by atoms with Gasteiger partial charge in [0.05, 0.1) is 18.4 Å². The molecule has 1 amide bonds. The van der Waals surface area contributed by atoms with E-state index in [0.717, 1.165) is 0 Å². The molecule has 0 fully saturated rings. The topological polar surface area (TPSA) is 66.4 Å². The molecule has 0 spiro atoms. The number of carbonyl (C=O) groups is 2. The van der Waals surface area contributed by atoms with Crippen LogP contribution in [0, 0.1) is 23.7 Å². The summed E-state index contributed by atoms with van der Waals surface area (Å²) in [7, 11) is 0. The van der Waals surface area contributed by atoms with Crippen molar-refractivity contribution >= 4 is 11.9 Å². The van der Waals surface area contributed by atoms with Crippen molar-refractivity contribution in [1.29, 1.82) is 0 Å². The van der Waals surface area contributed by atoms with E-state index in [2.05, 4.69) is 17.2 Å². The second kappa shape index (κ2) is 5.96. The van der Waals surface area contributed by atoms with Gasteiger partial charge in [-0.3, -0.25) is 9.59 Å². The van der Waals surface area contributed by atoms with Gasteiger partial charge < -0.3 is 10.4 Å². The number of nitrogens with one attached hydrogen (secondary N) is 1. The highest BCUT2D eigenvalue weighted by Crippen LogP contribution is 2.25. The van der Waals surface area contributed by atoms with Crippen molar-refractivity contribution < 1.29 is 14.7 Å². The van der Waals surface area contributed by atoms with Crippen LogP contribution in [0.1, 0.15) is 19.8 Å². The molecule has 0 aromatic rings. The van der Waals surface area contributed by atoms with E-state index in [1.807, 2.05) is 12.2 Å². The monoisotopic (exact) mass is 221 g/mol. The third kappa shape index (κ3) is 3.13. The molecular weight excluding hydrogens is 206 g/mol. The van der Waals surface area contributed by atoms with Gasteiger partial charge in [-0.2, -0.15) is 0 Å². The zero-order chi connectivity index (χ0) is 12.0. The summed E-state index contributed by atoms with van der Waals surface area (Å²) in [6.45, 7) is 1.97. The maximum Gasteiger partial charge on any atom is 0.307 e. The van der Waals surface area contributed by atoms with Gasteiger partial charge in [0.2, 0.25) is 5.91 Å². The molecule has 0 saturated carbocycles. The molecule has 0 heterocycles. The second-order valence-electron chi connectivity index (χ2n) is 3.64. The Hall–Kier alpha value is -1.76. The third-order valence-electron chi connectivity index (χ3n) is 2.61. The highest BCUT2D eigenvalue weighted by Gasteiger charge is 2.33. The summed E-state index contributed by atoms with van der Waals surface area (Å²) in [6.07, 6.45) is 4.58. The lowest BCUT2D eigenvalue weighted by Gasteiger charge is -2.23. The van der Waals surface area contributed by atoms with Crippen molar-refractivity contribution in [1.82, 2.24) is 5.32 Å². The maximum atomic E-state index is 11.7. The van der Waals surface area contributed by atoms with Crippen LogP contribution < -0.4 is 5.32 Å². The van der Waals surface area contributed by atoms with Crippen LogP contribution in [-0.4, -0.2) is 23.5 Å². The molecule has 0 saturated heterocycles. The average Bonchev–Trinajstić information content (AvgIpc) is 2.29. The van der Waals surface area contributed by atoms with Crippen molar-refractivity contribution in [2.75, 3.05) is 6.54 Å². The Morgan fingerprint density at radius 3 is 2.56 bits per heavy atom. The minimum Gasteiger partial charge on any atom is -0.481 e. The Morgan fingerprint density at radius 1 is 1.38 bits per heavy atom. The van der Waals surface area contributed by atoms with Gasteiger partial charge in [-0.15, -0.1) is 5.92 Å². The lowest BCUT2D eigenvalue weighted by Crippen LogP contribution is -2.38. The first-order valence-corrected chi connectivity index (χ1v) is 5.22. The fourth-order valence-corrected chi connectivity index (χ4v) is 1.73. The van der Waals surface area contributed by atoms with Gasteiger partial charge >= 0.3 is 5.97 Å². The van der Waals surface area contributed by atoms with Gasteiger partial charge in [0.15, 0.2) is 0 Å². The molecule has 0 bridgehead atoms. The number of hydrogen-bond acceptors (Lipinski definition) is 2. The summed E-state index contributed by atoms with van der Waals surface area (Å²) >= 11 is 0. The Kier molecular flexibility index (Phi) is 4.59. The lowest BCUT2D eigenvalue weighted by atomic mass is 9.82. The van der Waals surface area contributed by atoms with Gasteiger partial charge in [0.1, 0.15) is 0 Å². The van der Waals surface area contributed by atoms with E-state index >= 15 is 0 Å². The Balaban J connectivity index is 2.60. The molecule has 0 aliphatic heterocycles. The summed E-state index contributed by atoms with van der Waals surface area (Å²) in [5.74, 6) is 3.16. The number of carboxylic acids is 1. The van der Waals surface area contributed by atoms with Gasteiger partial charge in [-0.05, 0) is 19.8 Å². The third-order valence-corrected chi connectivity index (χ3v) is 2.61. The normalized spacial score (nSPS) is 23.1. The number of carboxylic acid groups (broad SMARTS) is 1. The van der Waals surface area contributed by atoms with Crippen LogP contribution in [0.25, 0.3) is 0 Å². The fourth-order valence-electron chi connectivity index (χ4n) is 1.73. The predicted octanol–water partition coefficient (Wildman–Crippen LogP) is 0.793. The van der Waals surface area contributed by atoms with E-state index in [0.29, 0.717) is 12.8 Å². The van der Waals surface area contributed by atoms with E-state index in [9.17, 15) is 9.59 Å². The van der Waals surface area contributed by atoms with Gasteiger partial charge in [-0.1, -0.05) is 18.1 Å². The van der Waals surface area contributed by atoms with Crippen molar-refractivity contribution in [2.45, 2.75) is 19.8 Å². The molecular formula is C12H15NO3. The summed E-state index contributed by atoms with van der Waals surface area (Å²) in [5.41, 5.74) is 0. The average molecular weight is 221 g/mol. The number of carbonyl (C=O) groups excluding carboxylic acids is 1.